The molecule has 1 atom stereocenters. The molecule has 0 aromatic heterocycles. The van der Waals surface area contributed by atoms with E-state index in [1.165, 1.54) is 37.1 Å². The summed E-state index contributed by atoms with van der Waals surface area (Å²) >= 11 is 0. The Balaban J connectivity index is 2.11. The number of rotatable bonds is 5. The summed E-state index contributed by atoms with van der Waals surface area (Å²) in [6.07, 6.45) is 3.93. The van der Waals surface area contributed by atoms with Crippen LogP contribution in [-0.4, -0.2) is 12.6 Å². The zero-order valence-corrected chi connectivity index (χ0v) is 10.3. The van der Waals surface area contributed by atoms with Gasteiger partial charge in [0.25, 0.3) is 0 Å². The van der Waals surface area contributed by atoms with Gasteiger partial charge in [0.15, 0.2) is 0 Å². The predicted molar refractivity (Wildman–Crippen MR) is 69.7 cm³/mol. The number of hydrogen-bond acceptors (Lipinski definition) is 2. The highest BCUT2D eigenvalue weighted by molar-refractivity contribution is 5.50. The van der Waals surface area contributed by atoms with Crippen LogP contribution in [0.15, 0.2) is 24.3 Å². The Bertz CT molecular complexity index is 325. The fraction of sp³-hybridized carbons (Fsp3) is 0.571. The van der Waals surface area contributed by atoms with Crippen LogP contribution in [-0.2, 0) is 0 Å². The Morgan fingerprint density at radius 1 is 1.31 bits per heavy atom. The van der Waals surface area contributed by atoms with E-state index < -0.39 is 0 Å². The van der Waals surface area contributed by atoms with E-state index in [0.29, 0.717) is 0 Å². The van der Waals surface area contributed by atoms with Crippen molar-refractivity contribution in [1.29, 1.82) is 0 Å². The molecule has 16 heavy (non-hydrogen) atoms. The summed E-state index contributed by atoms with van der Waals surface area (Å²) in [7, 11) is 0. The van der Waals surface area contributed by atoms with Gasteiger partial charge in [0.1, 0.15) is 0 Å². The summed E-state index contributed by atoms with van der Waals surface area (Å²) in [6, 6.07) is 9.67. The molecular formula is C14H22N2. The second-order valence-electron chi connectivity index (χ2n) is 4.80. The molecule has 0 spiro atoms. The van der Waals surface area contributed by atoms with Gasteiger partial charge in [-0.25, -0.2) is 0 Å². The summed E-state index contributed by atoms with van der Waals surface area (Å²) in [4.78, 5) is 2.53. The smallest absolute Gasteiger partial charge is 0.0368 e. The van der Waals surface area contributed by atoms with Crippen molar-refractivity contribution in [2.24, 2.45) is 5.73 Å². The summed E-state index contributed by atoms with van der Waals surface area (Å²) < 4.78 is 0. The molecule has 0 heterocycles. The standard InChI is InChI=1S/C14H22N2/c1-3-10-16(14-8-9-14)13-6-4-12(5-7-13)11(2)15/h4-7,11,14H,3,8-10,15H2,1-2H3/t11-/m1/s1. The highest BCUT2D eigenvalue weighted by Crippen LogP contribution is 2.32. The third kappa shape index (κ3) is 2.56. The largest absolute Gasteiger partial charge is 0.369 e. The first kappa shape index (κ1) is 11.5. The molecule has 2 nitrogen and oxygen atoms in total. The molecular weight excluding hydrogens is 196 g/mol. The first-order valence-corrected chi connectivity index (χ1v) is 6.34. The Morgan fingerprint density at radius 3 is 2.38 bits per heavy atom. The van der Waals surface area contributed by atoms with Gasteiger partial charge in [0, 0.05) is 24.3 Å². The predicted octanol–water partition coefficient (Wildman–Crippen LogP) is 3.09. The Morgan fingerprint density at radius 2 is 1.94 bits per heavy atom. The number of nitrogens with two attached hydrogens (primary N) is 1. The lowest BCUT2D eigenvalue weighted by Gasteiger charge is -2.24. The van der Waals surface area contributed by atoms with Gasteiger partial charge in [0.05, 0.1) is 0 Å². The molecule has 2 rings (SSSR count). The molecule has 0 saturated heterocycles. The van der Waals surface area contributed by atoms with Crippen LogP contribution in [0, 0.1) is 0 Å². The van der Waals surface area contributed by atoms with Gasteiger partial charge in [0.2, 0.25) is 0 Å². The number of hydrogen-bond donors (Lipinski definition) is 1. The van der Waals surface area contributed by atoms with E-state index in [9.17, 15) is 0 Å². The van der Waals surface area contributed by atoms with Crippen molar-refractivity contribution < 1.29 is 0 Å². The van der Waals surface area contributed by atoms with E-state index in [1.54, 1.807) is 0 Å². The Labute approximate surface area is 98.4 Å². The molecule has 1 aromatic rings. The normalized spacial score (nSPS) is 17.2. The maximum atomic E-state index is 5.86. The molecule has 0 amide bonds. The van der Waals surface area contributed by atoms with Crippen molar-refractivity contribution in [3.05, 3.63) is 29.8 Å². The first-order valence-electron chi connectivity index (χ1n) is 6.34. The third-order valence-corrected chi connectivity index (χ3v) is 3.20. The average Bonchev–Trinajstić information content (AvgIpc) is 3.10. The fourth-order valence-electron chi connectivity index (χ4n) is 2.12. The van der Waals surface area contributed by atoms with Crippen LogP contribution >= 0.6 is 0 Å². The van der Waals surface area contributed by atoms with Crippen LogP contribution in [0.2, 0.25) is 0 Å². The van der Waals surface area contributed by atoms with Gasteiger partial charge in [-0.2, -0.15) is 0 Å². The van der Waals surface area contributed by atoms with Gasteiger partial charge < -0.3 is 10.6 Å². The van der Waals surface area contributed by atoms with Crippen LogP contribution in [0.3, 0.4) is 0 Å². The Hall–Kier alpha value is -1.02. The lowest BCUT2D eigenvalue weighted by molar-refractivity contribution is 0.761. The monoisotopic (exact) mass is 218 g/mol. The van der Waals surface area contributed by atoms with Gasteiger partial charge in [-0.15, -0.1) is 0 Å². The molecule has 0 aliphatic heterocycles. The topological polar surface area (TPSA) is 29.3 Å². The first-order chi connectivity index (χ1) is 7.72. The summed E-state index contributed by atoms with van der Waals surface area (Å²) in [5.41, 5.74) is 8.43. The van der Waals surface area contributed by atoms with Gasteiger partial charge in [-0.1, -0.05) is 19.1 Å². The molecule has 1 aliphatic rings. The number of nitrogens with zero attached hydrogens (tertiary/aromatic N) is 1. The molecule has 2 heteroatoms. The van der Waals surface area contributed by atoms with Crippen LogP contribution in [0.4, 0.5) is 5.69 Å². The van der Waals surface area contributed by atoms with E-state index in [2.05, 4.69) is 36.1 Å². The second kappa shape index (κ2) is 4.88. The van der Waals surface area contributed by atoms with Crippen LogP contribution in [0.5, 0.6) is 0 Å². The zero-order valence-electron chi connectivity index (χ0n) is 10.3. The van der Waals surface area contributed by atoms with Crippen molar-refractivity contribution in [2.75, 3.05) is 11.4 Å². The third-order valence-electron chi connectivity index (χ3n) is 3.20. The maximum Gasteiger partial charge on any atom is 0.0368 e. The molecule has 0 unspecified atom stereocenters. The molecule has 88 valence electrons. The highest BCUT2D eigenvalue weighted by atomic mass is 15.2. The molecule has 2 N–H and O–H groups in total. The second-order valence-corrected chi connectivity index (χ2v) is 4.80. The molecule has 0 radical (unpaired) electrons. The van der Waals surface area contributed by atoms with E-state index in [1.807, 2.05) is 6.92 Å². The van der Waals surface area contributed by atoms with Crippen LogP contribution < -0.4 is 10.6 Å². The van der Waals surface area contributed by atoms with Crippen molar-refractivity contribution in [2.45, 2.75) is 45.2 Å². The SMILES string of the molecule is CCCN(c1ccc([C@@H](C)N)cc1)C1CC1. The number of benzene rings is 1. The lowest BCUT2D eigenvalue weighted by Crippen LogP contribution is -2.26. The lowest BCUT2D eigenvalue weighted by atomic mass is 10.1. The minimum absolute atomic E-state index is 0.134. The quantitative estimate of drug-likeness (QED) is 0.823. The fourth-order valence-corrected chi connectivity index (χ4v) is 2.12. The van der Waals surface area contributed by atoms with Crippen molar-refractivity contribution >= 4 is 5.69 Å². The van der Waals surface area contributed by atoms with Gasteiger partial charge in [-0.3, -0.25) is 0 Å². The minimum atomic E-state index is 0.134. The van der Waals surface area contributed by atoms with E-state index in [4.69, 9.17) is 5.73 Å². The minimum Gasteiger partial charge on any atom is -0.369 e. The van der Waals surface area contributed by atoms with Gasteiger partial charge >= 0.3 is 0 Å². The molecule has 1 aromatic carbocycles. The zero-order chi connectivity index (χ0) is 11.5. The Kier molecular flexibility index (Phi) is 3.49. The van der Waals surface area contributed by atoms with Crippen LogP contribution in [0.25, 0.3) is 0 Å². The summed E-state index contributed by atoms with van der Waals surface area (Å²) in [6.45, 7) is 5.44. The highest BCUT2D eigenvalue weighted by Gasteiger charge is 2.28. The number of anilines is 1. The van der Waals surface area contributed by atoms with Crippen molar-refractivity contribution in [1.82, 2.24) is 0 Å². The molecule has 1 aliphatic carbocycles. The van der Waals surface area contributed by atoms with Crippen molar-refractivity contribution in [3.63, 3.8) is 0 Å². The van der Waals surface area contributed by atoms with E-state index >= 15 is 0 Å². The maximum absolute atomic E-state index is 5.86. The summed E-state index contributed by atoms with van der Waals surface area (Å²) in [5, 5.41) is 0. The van der Waals surface area contributed by atoms with E-state index in [0.717, 1.165) is 6.04 Å². The molecule has 1 fully saturated rings. The van der Waals surface area contributed by atoms with E-state index in [-0.39, 0.29) is 6.04 Å². The van der Waals surface area contributed by atoms with Gasteiger partial charge in [-0.05, 0) is 43.9 Å². The van der Waals surface area contributed by atoms with Crippen LogP contribution in [0.1, 0.15) is 44.7 Å². The molecule has 1 saturated carbocycles. The van der Waals surface area contributed by atoms with Crippen molar-refractivity contribution in [3.8, 4) is 0 Å². The molecule has 0 bridgehead atoms. The average molecular weight is 218 g/mol. The summed E-state index contributed by atoms with van der Waals surface area (Å²) in [5.74, 6) is 0.